The maximum atomic E-state index is 10.5. The van der Waals surface area contributed by atoms with Gasteiger partial charge in [-0.1, -0.05) is 30.3 Å². The summed E-state index contributed by atoms with van der Waals surface area (Å²) < 4.78 is 11.0. The summed E-state index contributed by atoms with van der Waals surface area (Å²) in [5.74, 6) is 0.864. The molecule has 0 aliphatic heterocycles. The van der Waals surface area contributed by atoms with Gasteiger partial charge in [0.25, 0.3) is 0 Å². The molecule has 0 saturated carbocycles. The third kappa shape index (κ3) is 3.44. The van der Waals surface area contributed by atoms with Gasteiger partial charge in [0.1, 0.15) is 11.3 Å². The molecule has 0 fully saturated rings. The van der Waals surface area contributed by atoms with E-state index in [9.17, 15) is 10.2 Å². The zero-order valence-electron chi connectivity index (χ0n) is 16.6. The van der Waals surface area contributed by atoms with Crippen LogP contribution in [0.4, 0.5) is 5.69 Å². The number of phenolic OH excluding ortho intramolecular Hbond substituents is 2. The van der Waals surface area contributed by atoms with Crippen molar-refractivity contribution in [2.24, 2.45) is 4.99 Å². The van der Waals surface area contributed by atoms with Gasteiger partial charge in [0, 0.05) is 11.8 Å². The summed E-state index contributed by atoms with van der Waals surface area (Å²) in [5, 5.41) is 22.6. The maximum absolute atomic E-state index is 10.5. The minimum atomic E-state index is 0.0327. The van der Waals surface area contributed by atoms with Crippen LogP contribution in [0.5, 0.6) is 17.2 Å². The third-order valence-electron chi connectivity index (χ3n) is 5.07. The van der Waals surface area contributed by atoms with Crippen LogP contribution >= 0.6 is 0 Å². The van der Waals surface area contributed by atoms with E-state index in [1.807, 2.05) is 30.3 Å². The lowest BCUT2D eigenvalue weighted by molar-refractivity contribution is 0.373. The highest BCUT2D eigenvalue weighted by Crippen LogP contribution is 2.35. The van der Waals surface area contributed by atoms with E-state index in [4.69, 9.17) is 9.15 Å². The van der Waals surface area contributed by atoms with Crippen molar-refractivity contribution in [3.63, 3.8) is 0 Å². The lowest BCUT2D eigenvalue weighted by atomic mass is 10.1. The lowest BCUT2D eigenvalue weighted by Gasteiger charge is -2.04. The molecule has 6 heteroatoms. The van der Waals surface area contributed by atoms with Crippen molar-refractivity contribution in [2.45, 2.75) is 0 Å². The standard InChI is InChI=1S/C25H18N2O4/c1-30-23-8-4-7-17(24(23)29)14-26-18-9-10-22-20(13-18)27-25(31-22)19-11-15-5-2-3-6-16(15)12-21(19)28/h2-14,28-29H,1H3. The van der Waals surface area contributed by atoms with Crippen molar-refractivity contribution < 1.29 is 19.4 Å². The Kier molecular flexibility index (Phi) is 4.52. The van der Waals surface area contributed by atoms with Gasteiger partial charge in [0.2, 0.25) is 5.89 Å². The van der Waals surface area contributed by atoms with Crippen LogP contribution in [-0.2, 0) is 0 Å². The zero-order valence-corrected chi connectivity index (χ0v) is 16.6. The molecule has 0 saturated heterocycles. The number of aliphatic imine (C=N–C) groups is 1. The molecule has 0 atom stereocenters. The summed E-state index contributed by atoms with van der Waals surface area (Å²) in [6.07, 6.45) is 1.56. The molecule has 5 aromatic rings. The van der Waals surface area contributed by atoms with Crippen LogP contribution in [-0.4, -0.2) is 28.5 Å². The summed E-state index contributed by atoms with van der Waals surface area (Å²) in [7, 11) is 1.50. The van der Waals surface area contributed by atoms with Gasteiger partial charge < -0.3 is 19.4 Å². The minimum absolute atomic E-state index is 0.0327. The number of aromatic nitrogens is 1. The van der Waals surface area contributed by atoms with Gasteiger partial charge in [0.05, 0.1) is 18.4 Å². The Morgan fingerprint density at radius 1 is 0.935 bits per heavy atom. The predicted molar refractivity (Wildman–Crippen MR) is 121 cm³/mol. The number of benzene rings is 4. The zero-order chi connectivity index (χ0) is 21.4. The Hall–Kier alpha value is -4.32. The number of fused-ring (bicyclic) bond motifs is 2. The van der Waals surface area contributed by atoms with Gasteiger partial charge in [-0.25, -0.2) is 4.98 Å². The number of nitrogens with zero attached hydrogens (tertiary/aromatic N) is 2. The molecule has 4 aromatic carbocycles. The van der Waals surface area contributed by atoms with Crippen LogP contribution in [0.15, 0.2) is 82.2 Å². The van der Waals surface area contributed by atoms with Crippen LogP contribution < -0.4 is 4.74 Å². The first-order chi connectivity index (χ1) is 15.1. The summed E-state index contributed by atoms with van der Waals surface area (Å²) >= 11 is 0. The van der Waals surface area contributed by atoms with Gasteiger partial charge in [-0.05, 0) is 53.2 Å². The number of ether oxygens (including phenoxy) is 1. The van der Waals surface area contributed by atoms with Crippen LogP contribution in [0, 0.1) is 0 Å². The minimum Gasteiger partial charge on any atom is -0.507 e. The molecule has 152 valence electrons. The fraction of sp³-hybridized carbons (Fsp3) is 0.0400. The summed E-state index contributed by atoms with van der Waals surface area (Å²) in [6.45, 7) is 0. The van der Waals surface area contributed by atoms with Crippen LogP contribution in [0.2, 0.25) is 0 Å². The second-order valence-corrected chi connectivity index (χ2v) is 7.04. The Balaban J connectivity index is 1.51. The topological polar surface area (TPSA) is 88.1 Å². The van der Waals surface area contributed by atoms with E-state index in [2.05, 4.69) is 9.98 Å². The van der Waals surface area contributed by atoms with E-state index in [1.54, 1.807) is 48.7 Å². The molecule has 6 nitrogen and oxygen atoms in total. The number of hydrogen-bond acceptors (Lipinski definition) is 6. The average molecular weight is 410 g/mol. The first kappa shape index (κ1) is 18.7. The average Bonchev–Trinajstić information content (AvgIpc) is 3.21. The molecule has 0 aliphatic rings. The third-order valence-corrected chi connectivity index (χ3v) is 5.07. The lowest BCUT2D eigenvalue weighted by Crippen LogP contribution is -1.88. The smallest absolute Gasteiger partial charge is 0.231 e. The van der Waals surface area contributed by atoms with Gasteiger partial charge in [-0.2, -0.15) is 0 Å². The normalized spacial score (nSPS) is 11.5. The van der Waals surface area contributed by atoms with E-state index in [-0.39, 0.29) is 11.5 Å². The van der Waals surface area contributed by atoms with Crippen molar-refractivity contribution in [3.8, 4) is 28.7 Å². The van der Waals surface area contributed by atoms with Gasteiger partial charge in [-0.3, -0.25) is 4.99 Å². The highest BCUT2D eigenvalue weighted by atomic mass is 16.5. The highest BCUT2D eigenvalue weighted by molar-refractivity contribution is 5.91. The van der Waals surface area contributed by atoms with Crippen LogP contribution in [0.1, 0.15) is 5.56 Å². The van der Waals surface area contributed by atoms with Crippen molar-refractivity contribution in [2.75, 3.05) is 7.11 Å². The van der Waals surface area contributed by atoms with E-state index < -0.39 is 0 Å². The second-order valence-electron chi connectivity index (χ2n) is 7.04. The van der Waals surface area contributed by atoms with E-state index in [1.165, 1.54) is 7.11 Å². The molecule has 0 unspecified atom stereocenters. The Morgan fingerprint density at radius 3 is 2.55 bits per heavy atom. The number of hydrogen-bond donors (Lipinski definition) is 2. The molecule has 0 radical (unpaired) electrons. The maximum Gasteiger partial charge on any atom is 0.231 e. The fourth-order valence-electron chi connectivity index (χ4n) is 3.46. The Morgan fingerprint density at radius 2 is 1.74 bits per heavy atom. The molecule has 5 rings (SSSR count). The summed E-state index contributed by atoms with van der Waals surface area (Å²) in [4.78, 5) is 8.97. The highest BCUT2D eigenvalue weighted by Gasteiger charge is 2.14. The fourth-order valence-corrected chi connectivity index (χ4v) is 3.46. The van der Waals surface area contributed by atoms with Crippen molar-refractivity contribution in [1.82, 2.24) is 4.98 Å². The number of para-hydroxylation sites is 1. The Labute approximate surface area is 177 Å². The number of phenols is 2. The number of oxazole rings is 1. The Bertz CT molecular complexity index is 1450. The molecule has 0 bridgehead atoms. The molecule has 1 heterocycles. The molecule has 0 spiro atoms. The van der Waals surface area contributed by atoms with E-state index >= 15 is 0 Å². The van der Waals surface area contributed by atoms with E-state index in [0.717, 1.165) is 10.8 Å². The molecule has 0 amide bonds. The first-order valence-electron chi connectivity index (χ1n) is 9.65. The van der Waals surface area contributed by atoms with Crippen LogP contribution in [0.3, 0.4) is 0 Å². The van der Waals surface area contributed by atoms with E-state index in [0.29, 0.717) is 39.6 Å². The second kappa shape index (κ2) is 7.50. The largest absolute Gasteiger partial charge is 0.507 e. The first-order valence-corrected chi connectivity index (χ1v) is 9.65. The monoisotopic (exact) mass is 410 g/mol. The van der Waals surface area contributed by atoms with Crippen molar-refractivity contribution in [3.05, 3.63) is 78.4 Å². The van der Waals surface area contributed by atoms with Crippen molar-refractivity contribution >= 4 is 33.8 Å². The van der Waals surface area contributed by atoms with Crippen LogP contribution in [0.25, 0.3) is 33.3 Å². The molecule has 31 heavy (non-hydrogen) atoms. The summed E-state index contributed by atoms with van der Waals surface area (Å²) in [6, 6.07) is 21.9. The molecular formula is C25H18N2O4. The van der Waals surface area contributed by atoms with Gasteiger partial charge >= 0.3 is 0 Å². The predicted octanol–water partition coefficient (Wildman–Crippen LogP) is 5.82. The number of methoxy groups -OCH3 is 1. The molecule has 1 aromatic heterocycles. The van der Waals surface area contributed by atoms with Gasteiger partial charge in [0.15, 0.2) is 17.1 Å². The SMILES string of the molecule is COc1cccc(C=Nc2ccc3oc(-c4cc5ccccc5cc4O)nc3c2)c1O. The molecular weight excluding hydrogens is 392 g/mol. The summed E-state index contributed by atoms with van der Waals surface area (Å²) in [5.41, 5.74) is 2.93. The quantitative estimate of drug-likeness (QED) is 0.365. The molecule has 0 aliphatic carbocycles. The van der Waals surface area contributed by atoms with Gasteiger partial charge in [-0.15, -0.1) is 0 Å². The van der Waals surface area contributed by atoms with Crippen molar-refractivity contribution in [1.29, 1.82) is 0 Å². The number of rotatable bonds is 4. The molecule has 2 N–H and O–H groups in total. The number of aromatic hydroxyl groups is 2.